The van der Waals surface area contributed by atoms with Crippen molar-refractivity contribution < 1.29 is 18.3 Å². The van der Waals surface area contributed by atoms with E-state index >= 15 is 0 Å². The number of fused-ring (bicyclic) bond motifs is 5. The Kier molecular flexibility index (Phi) is 3.42. The molecule has 0 aliphatic carbocycles. The maximum Gasteiger partial charge on any atom is 0.586 e. The van der Waals surface area contributed by atoms with E-state index in [0.717, 1.165) is 13.1 Å². The lowest BCUT2D eigenvalue weighted by molar-refractivity contribution is -0.286. The minimum atomic E-state index is -3.72. The number of likely N-dealkylation sites (tertiary alicyclic amines) is 1. The molecule has 0 bridgehead atoms. The van der Waals surface area contributed by atoms with E-state index in [2.05, 4.69) is 36.4 Å². The largest absolute Gasteiger partial charge is 0.586 e. The van der Waals surface area contributed by atoms with E-state index in [1.54, 1.807) is 6.07 Å². The molecule has 1 aromatic carbocycles. The number of nitrogens with zero attached hydrogens (tertiary/aromatic N) is 5. The number of rotatable bonds is 3. The number of nitrogen functional groups attached to an aromatic ring is 1. The molecule has 1 saturated heterocycles. The Morgan fingerprint density at radius 2 is 2.15 bits per heavy atom. The van der Waals surface area contributed by atoms with Gasteiger partial charge in [-0.25, -0.2) is 9.97 Å². The van der Waals surface area contributed by atoms with Crippen LogP contribution < -0.4 is 15.2 Å². The molecule has 1 fully saturated rings. The van der Waals surface area contributed by atoms with Gasteiger partial charge in [-0.3, -0.25) is 0 Å². The molecule has 5 rings (SSSR count). The van der Waals surface area contributed by atoms with E-state index in [1.807, 2.05) is 0 Å². The number of halogens is 2. The molecule has 3 aromatic rings. The maximum atomic E-state index is 13.4. The van der Waals surface area contributed by atoms with Crippen LogP contribution in [0.5, 0.6) is 11.5 Å². The second-order valence-electron chi connectivity index (χ2n) is 6.97. The molecule has 2 aromatic heterocycles. The lowest BCUT2D eigenvalue weighted by Crippen LogP contribution is -2.29. The van der Waals surface area contributed by atoms with Crippen molar-refractivity contribution in [2.75, 3.05) is 18.8 Å². The number of ether oxygens (including phenoxy) is 2. The molecule has 0 radical (unpaired) electrons. The molecule has 2 N–H and O–H groups in total. The lowest BCUT2D eigenvalue weighted by Gasteiger charge is -2.19. The van der Waals surface area contributed by atoms with Gasteiger partial charge >= 0.3 is 6.29 Å². The van der Waals surface area contributed by atoms with Crippen LogP contribution in [0, 0.1) is 0 Å². The summed E-state index contributed by atoms with van der Waals surface area (Å²) in [6.07, 6.45) is -0.628. The molecule has 0 saturated carbocycles. The second kappa shape index (κ2) is 5.62. The van der Waals surface area contributed by atoms with Gasteiger partial charge in [-0.1, -0.05) is 0 Å². The first-order valence-electron chi connectivity index (χ1n) is 8.89. The monoisotopic (exact) mass is 376 g/mol. The van der Waals surface area contributed by atoms with Crippen LogP contribution in [0.3, 0.4) is 0 Å². The Morgan fingerprint density at radius 3 is 2.93 bits per heavy atom. The first-order valence-corrected chi connectivity index (χ1v) is 8.89. The Morgan fingerprint density at radius 1 is 1.30 bits per heavy atom. The van der Waals surface area contributed by atoms with E-state index in [4.69, 9.17) is 5.73 Å². The van der Waals surface area contributed by atoms with Crippen molar-refractivity contribution in [2.24, 2.45) is 0 Å². The van der Waals surface area contributed by atoms with Crippen LogP contribution in [0.2, 0.25) is 0 Å². The van der Waals surface area contributed by atoms with E-state index in [0.29, 0.717) is 29.3 Å². The first-order chi connectivity index (χ1) is 12.9. The topological polar surface area (TPSA) is 90.8 Å². The van der Waals surface area contributed by atoms with Gasteiger partial charge in [0.1, 0.15) is 5.52 Å². The van der Waals surface area contributed by atoms with Gasteiger partial charge in [-0.05, 0) is 38.4 Å². The molecule has 1 unspecified atom stereocenters. The third-order valence-electron chi connectivity index (χ3n) is 5.19. The lowest BCUT2D eigenvalue weighted by atomic mass is 10.2. The quantitative estimate of drug-likeness (QED) is 0.749. The van der Waals surface area contributed by atoms with Crippen molar-refractivity contribution in [3.63, 3.8) is 0 Å². The Bertz CT molecular complexity index is 1050. The average Bonchev–Trinajstić information content (AvgIpc) is 3.29. The van der Waals surface area contributed by atoms with Crippen LogP contribution in [0.15, 0.2) is 12.1 Å². The predicted octanol–water partition coefficient (Wildman–Crippen LogP) is 2.21. The molecule has 142 valence electrons. The van der Waals surface area contributed by atoms with Crippen LogP contribution >= 0.6 is 0 Å². The summed E-state index contributed by atoms with van der Waals surface area (Å²) >= 11 is 0. The fourth-order valence-corrected chi connectivity index (χ4v) is 3.82. The zero-order valence-electron chi connectivity index (χ0n) is 14.7. The summed E-state index contributed by atoms with van der Waals surface area (Å²) in [5.74, 6) is 0.477. The molecule has 0 amide bonds. The van der Waals surface area contributed by atoms with Crippen molar-refractivity contribution in [1.29, 1.82) is 0 Å². The van der Waals surface area contributed by atoms with Crippen molar-refractivity contribution in [3.8, 4) is 11.5 Å². The molecule has 27 heavy (non-hydrogen) atoms. The number of anilines is 1. The highest BCUT2D eigenvalue weighted by molar-refractivity contribution is 5.97. The molecule has 4 heterocycles. The molecule has 0 spiro atoms. The fourth-order valence-electron chi connectivity index (χ4n) is 3.82. The molecule has 8 nitrogen and oxygen atoms in total. The van der Waals surface area contributed by atoms with Crippen molar-refractivity contribution in [3.05, 3.63) is 18.0 Å². The van der Waals surface area contributed by atoms with Gasteiger partial charge < -0.3 is 20.1 Å². The Balaban J connectivity index is 1.54. The molecule has 10 heteroatoms. The van der Waals surface area contributed by atoms with Crippen molar-refractivity contribution >= 4 is 22.5 Å². The third kappa shape index (κ3) is 2.62. The number of alkyl halides is 2. The zero-order chi connectivity index (χ0) is 18.8. The highest BCUT2D eigenvalue weighted by Crippen LogP contribution is 2.45. The SMILES string of the molecule is CC1CCCN1CCc1nc2c3ccc4c(c3nc(N)n2n1)OC(F)(F)O4. The predicted molar refractivity (Wildman–Crippen MR) is 92.9 cm³/mol. The summed E-state index contributed by atoms with van der Waals surface area (Å²) in [7, 11) is 0. The second-order valence-corrected chi connectivity index (χ2v) is 6.97. The highest BCUT2D eigenvalue weighted by Gasteiger charge is 2.44. The normalized spacial score (nSPS) is 21.5. The summed E-state index contributed by atoms with van der Waals surface area (Å²) in [4.78, 5) is 11.2. The van der Waals surface area contributed by atoms with Crippen molar-refractivity contribution in [2.45, 2.75) is 38.5 Å². The van der Waals surface area contributed by atoms with Gasteiger partial charge in [-0.15, -0.1) is 13.9 Å². The van der Waals surface area contributed by atoms with Gasteiger partial charge in [0.05, 0.1) is 0 Å². The summed E-state index contributed by atoms with van der Waals surface area (Å²) in [5, 5.41) is 4.97. The van der Waals surface area contributed by atoms with E-state index in [1.165, 1.54) is 23.4 Å². The number of nitrogens with two attached hydrogens (primary N) is 1. The van der Waals surface area contributed by atoms with E-state index in [9.17, 15) is 8.78 Å². The number of aromatic nitrogens is 4. The van der Waals surface area contributed by atoms with Crippen LogP contribution in [0.4, 0.5) is 14.7 Å². The van der Waals surface area contributed by atoms with Gasteiger partial charge in [0.25, 0.3) is 0 Å². The number of hydrogen-bond donors (Lipinski definition) is 1. The van der Waals surface area contributed by atoms with Crippen LogP contribution in [0.25, 0.3) is 16.6 Å². The first kappa shape index (κ1) is 16.4. The molecule has 2 aliphatic heterocycles. The van der Waals surface area contributed by atoms with Gasteiger partial charge in [0.15, 0.2) is 23.0 Å². The number of hydrogen-bond acceptors (Lipinski definition) is 7. The standard InChI is InChI=1S/C17H18F2N6O2/c1-9-3-2-7-24(9)8-6-12-21-15-10-4-5-11-14(27-17(18,19)26-11)13(10)22-16(20)25(15)23-12/h4-5,9H,2-3,6-8H2,1H3,(H2,20,22). The van der Waals surface area contributed by atoms with Gasteiger partial charge in [-0.2, -0.15) is 4.52 Å². The van der Waals surface area contributed by atoms with Crippen LogP contribution in [-0.4, -0.2) is 49.9 Å². The van der Waals surface area contributed by atoms with E-state index < -0.39 is 6.29 Å². The summed E-state index contributed by atoms with van der Waals surface area (Å²) in [6, 6.07) is 3.59. The maximum absolute atomic E-state index is 13.4. The van der Waals surface area contributed by atoms with Crippen LogP contribution in [0.1, 0.15) is 25.6 Å². The minimum absolute atomic E-state index is 0.0537. The van der Waals surface area contributed by atoms with E-state index in [-0.39, 0.29) is 23.0 Å². The number of benzene rings is 1. The molecular weight excluding hydrogens is 358 g/mol. The molecular formula is C17H18F2N6O2. The van der Waals surface area contributed by atoms with Crippen molar-refractivity contribution in [1.82, 2.24) is 24.5 Å². The fraction of sp³-hybridized carbons (Fsp3) is 0.471. The van der Waals surface area contributed by atoms with Gasteiger partial charge in [0.2, 0.25) is 5.95 Å². The minimum Gasteiger partial charge on any atom is -0.395 e. The Hall–Kier alpha value is -2.75. The third-order valence-corrected chi connectivity index (χ3v) is 5.19. The van der Waals surface area contributed by atoms with Gasteiger partial charge in [0, 0.05) is 24.4 Å². The average molecular weight is 376 g/mol. The van der Waals surface area contributed by atoms with Crippen LogP contribution in [-0.2, 0) is 6.42 Å². The summed E-state index contributed by atoms with van der Waals surface area (Å²) in [5.41, 5.74) is 6.64. The zero-order valence-corrected chi connectivity index (χ0v) is 14.7. The Labute approximate surface area is 152 Å². The molecule has 2 aliphatic rings. The highest BCUT2D eigenvalue weighted by atomic mass is 19.3. The molecule has 1 atom stereocenters. The summed E-state index contributed by atoms with van der Waals surface area (Å²) < 4.78 is 37.4. The summed E-state index contributed by atoms with van der Waals surface area (Å²) in [6.45, 7) is 4.17. The smallest absolute Gasteiger partial charge is 0.395 e.